The fourth-order valence-corrected chi connectivity index (χ4v) is 3.15. The highest BCUT2D eigenvalue weighted by Crippen LogP contribution is 2.34. The molecule has 0 aliphatic carbocycles. The van der Waals surface area contributed by atoms with Gasteiger partial charge in [0.15, 0.2) is 5.84 Å². The standard InChI is InChI=1S/C12H12F2N2O3S/c1-3-7-16(2)11-10-8(19-12(13)14)5-4-6-9(10)20(17,18)15-11/h3-6,12H,1,7H2,2H3. The second kappa shape index (κ2) is 5.20. The number of likely N-dealkylation sites (N-methyl/N-ethyl adjacent to an activating group) is 1. The fourth-order valence-electron chi connectivity index (χ4n) is 1.89. The highest BCUT2D eigenvalue weighted by atomic mass is 32.2. The Morgan fingerprint density at radius 3 is 2.80 bits per heavy atom. The topological polar surface area (TPSA) is 59.0 Å². The molecule has 0 N–H and O–H groups in total. The van der Waals surface area contributed by atoms with Crippen molar-refractivity contribution in [3.8, 4) is 5.75 Å². The minimum Gasteiger partial charge on any atom is -0.434 e. The number of nitrogens with zero attached hydrogens (tertiary/aromatic N) is 2. The van der Waals surface area contributed by atoms with Gasteiger partial charge in [-0.2, -0.15) is 17.2 Å². The van der Waals surface area contributed by atoms with E-state index in [0.717, 1.165) is 0 Å². The van der Waals surface area contributed by atoms with Gasteiger partial charge < -0.3 is 9.64 Å². The van der Waals surface area contributed by atoms with Gasteiger partial charge in [-0.3, -0.25) is 0 Å². The lowest BCUT2D eigenvalue weighted by Crippen LogP contribution is -2.27. The van der Waals surface area contributed by atoms with Crippen LogP contribution in [0.4, 0.5) is 8.78 Å². The average Bonchev–Trinajstić information content (AvgIpc) is 2.63. The Morgan fingerprint density at radius 2 is 2.20 bits per heavy atom. The summed E-state index contributed by atoms with van der Waals surface area (Å²) in [5.41, 5.74) is 0.0529. The van der Waals surface area contributed by atoms with Crippen LogP contribution in [-0.4, -0.2) is 39.4 Å². The van der Waals surface area contributed by atoms with Gasteiger partial charge in [0.2, 0.25) is 0 Å². The first-order valence-corrected chi connectivity index (χ1v) is 7.06. The smallest absolute Gasteiger partial charge is 0.387 e. The third kappa shape index (κ3) is 2.51. The van der Waals surface area contributed by atoms with E-state index >= 15 is 0 Å². The van der Waals surface area contributed by atoms with Crippen LogP contribution in [0.1, 0.15) is 5.56 Å². The van der Waals surface area contributed by atoms with Crippen molar-refractivity contribution in [3.05, 3.63) is 36.4 Å². The van der Waals surface area contributed by atoms with E-state index in [1.807, 2.05) is 0 Å². The van der Waals surface area contributed by atoms with Gasteiger partial charge >= 0.3 is 6.61 Å². The molecule has 1 heterocycles. The minimum atomic E-state index is -3.89. The lowest BCUT2D eigenvalue weighted by atomic mass is 10.1. The van der Waals surface area contributed by atoms with Crippen LogP contribution in [0.25, 0.3) is 0 Å². The maximum atomic E-state index is 12.4. The molecule has 8 heteroatoms. The average molecular weight is 302 g/mol. The molecule has 5 nitrogen and oxygen atoms in total. The van der Waals surface area contributed by atoms with E-state index in [4.69, 9.17) is 0 Å². The normalized spacial score (nSPS) is 15.7. The van der Waals surface area contributed by atoms with Gasteiger partial charge in [-0.15, -0.1) is 11.0 Å². The zero-order valence-electron chi connectivity index (χ0n) is 10.6. The van der Waals surface area contributed by atoms with E-state index < -0.39 is 16.6 Å². The number of sulfonamides is 1. The van der Waals surface area contributed by atoms with Gasteiger partial charge in [0, 0.05) is 13.6 Å². The largest absolute Gasteiger partial charge is 0.434 e. The molecule has 0 saturated heterocycles. The summed E-state index contributed by atoms with van der Waals surface area (Å²) in [7, 11) is -2.30. The van der Waals surface area contributed by atoms with Crippen molar-refractivity contribution in [2.75, 3.05) is 13.6 Å². The summed E-state index contributed by atoms with van der Waals surface area (Å²) in [6.45, 7) is 0.809. The Kier molecular flexibility index (Phi) is 3.76. The van der Waals surface area contributed by atoms with Crippen molar-refractivity contribution in [1.82, 2.24) is 4.90 Å². The lowest BCUT2D eigenvalue weighted by Gasteiger charge is -2.18. The van der Waals surface area contributed by atoms with Crippen LogP contribution >= 0.6 is 0 Å². The number of fused-ring (bicyclic) bond motifs is 1. The van der Waals surface area contributed by atoms with Gasteiger partial charge in [0.05, 0.1) is 5.56 Å². The van der Waals surface area contributed by atoms with Gasteiger partial charge in [-0.25, -0.2) is 0 Å². The molecule has 0 aromatic heterocycles. The van der Waals surface area contributed by atoms with E-state index in [9.17, 15) is 17.2 Å². The highest BCUT2D eigenvalue weighted by Gasteiger charge is 2.34. The van der Waals surface area contributed by atoms with Crippen molar-refractivity contribution in [1.29, 1.82) is 0 Å². The molecule has 1 aliphatic rings. The number of hydrogen-bond acceptors (Lipinski definition) is 4. The molecule has 108 valence electrons. The molecule has 0 atom stereocenters. The molecule has 1 aliphatic heterocycles. The van der Waals surface area contributed by atoms with Crippen LogP contribution in [0, 0.1) is 0 Å². The lowest BCUT2D eigenvalue weighted by molar-refractivity contribution is -0.0501. The van der Waals surface area contributed by atoms with Gasteiger partial charge in [0.1, 0.15) is 10.6 Å². The van der Waals surface area contributed by atoms with E-state index in [1.165, 1.54) is 23.1 Å². The van der Waals surface area contributed by atoms with Crippen molar-refractivity contribution >= 4 is 15.9 Å². The first-order chi connectivity index (χ1) is 9.36. The molecule has 0 spiro atoms. The first-order valence-electron chi connectivity index (χ1n) is 5.62. The Morgan fingerprint density at radius 1 is 1.50 bits per heavy atom. The third-order valence-electron chi connectivity index (χ3n) is 2.68. The summed E-state index contributed by atoms with van der Waals surface area (Å²) in [6, 6.07) is 3.92. The number of benzene rings is 1. The summed E-state index contributed by atoms with van der Waals surface area (Å²) in [6.07, 6.45) is 1.55. The Hall–Kier alpha value is -1.96. The zero-order valence-corrected chi connectivity index (χ0v) is 11.4. The Labute approximate surface area is 115 Å². The van der Waals surface area contributed by atoms with Gasteiger partial charge in [0.25, 0.3) is 10.0 Å². The second-order valence-electron chi connectivity index (χ2n) is 4.07. The summed E-state index contributed by atoms with van der Waals surface area (Å²) in [5, 5.41) is 0. The van der Waals surface area contributed by atoms with Crippen LogP contribution in [0.5, 0.6) is 5.75 Å². The first kappa shape index (κ1) is 14.4. The van der Waals surface area contributed by atoms with Crippen LogP contribution in [0.2, 0.25) is 0 Å². The highest BCUT2D eigenvalue weighted by molar-refractivity contribution is 7.90. The Bertz CT molecular complexity index is 671. The molecular formula is C12H12F2N2O3S. The molecular weight excluding hydrogens is 290 g/mol. The molecule has 0 radical (unpaired) electrons. The second-order valence-corrected chi connectivity index (χ2v) is 5.64. The molecule has 2 rings (SSSR count). The van der Waals surface area contributed by atoms with Crippen molar-refractivity contribution in [2.45, 2.75) is 11.5 Å². The third-order valence-corrected chi connectivity index (χ3v) is 3.99. The molecule has 20 heavy (non-hydrogen) atoms. The predicted molar refractivity (Wildman–Crippen MR) is 69.6 cm³/mol. The fraction of sp³-hybridized carbons (Fsp3) is 0.250. The van der Waals surface area contributed by atoms with Crippen molar-refractivity contribution < 1.29 is 21.9 Å². The summed E-state index contributed by atoms with van der Waals surface area (Å²) >= 11 is 0. The van der Waals surface area contributed by atoms with E-state index in [0.29, 0.717) is 6.54 Å². The number of halogens is 2. The maximum Gasteiger partial charge on any atom is 0.387 e. The molecule has 0 unspecified atom stereocenters. The molecule has 0 amide bonds. The molecule has 0 fully saturated rings. The van der Waals surface area contributed by atoms with E-state index in [1.54, 1.807) is 13.1 Å². The molecule has 0 bridgehead atoms. The zero-order chi connectivity index (χ0) is 14.9. The van der Waals surface area contributed by atoms with Crippen LogP contribution in [-0.2, 0) is 10.0 Å². The van der Waals surface area contributed by atoms with E-state index in [2.05, 4.69) is 15.7 Å². The van der Waals surface area contributed by atoms with Crippen LogP contribution < -0.4 is 4.74 Å². The molecule has 0 saturated carbocycles. The number of hydrogen-bond donors (Lipinski definition) is 0. The summed E-state index contributed by atoms with van der Waals surface area (Å²) in [4.78, 5) is 1.36. The maximum absolute atomic E-state index is 12.4. The summed E-state index contributed by atoms with van der Waals surface area (Å²) in [5.74, 6) is -0.149. The van der Waals surface area contributed by atoms with E-state index in [-0.39, 0.29) is 22.0 Å². The predicted octanol–water partition coefficient (Wildman–Crippen LogP) is 1.85. The monoisotopic (exact) mass is 302 g/mol. The van der Waals surface area contributed by atoms with Crippen molar-refractivity contribution in [3.63, 3.8) is 0 Å². The van der Waals surface area contributed by atoms with Gasteiger partial charge in [-0.05, 0) is 12.1 Å². The van der Waals surface area contributed by atoms with Crippen LogP contribution in [0.15, 0.2) is 40.1 Å². The number of alkyl halides is 2. The number of rotatable bonds is 4. The van der Waals surface area contributed by atoms with Crippen molar-refractivity contribution in [2.24, 2.45) is 4.40 Å². The number of ether oxygens (including phenoxy) is 1. The Balaban J connectivity index is 2.59. The quantitative estimate of drug-likeness (QED) is 0.797. The molecule has 1 aromatic rings. The SMILES string of the molecule is C=CCN(C)C1=NS(=O)(=O)c2cccc(OC(F)F)c21. The van der Waals surface area contributed by atoms with Crippen LogP contribution in [0.3, 0.4) is 0 Å². The molecule has 1 aromatic carbocycles. The van der Waals surface area contributed by atoms with Gasteiger partial charge in [-0.1, -0.05) is 12.1 Å². The summed E-state index contributed by atoms with van der Waals surface area (Å²) < 4.78 is 56.7. The minimum absolute atomic E-state index is 0.0529. The number of amidine groups is 1.